The van der Waals surface area contributed by atoms with Crippen molar-refractivity contribution in [1.29, 1.82) is 0 Å². The molecule has 0 saturated carbocycles. The zero-order valence-corrected chi connectivity index (χ0v) is 10.8. The molecule has 0 saturated heterocycles. The van der Waals surface area contributed by atoms with E-state index in [9.17, 15) is 0 Å². The standard InChI is InChI=1S/C12H10ClN3OS/c13-9-3-1-8(2-4-9)11-6-5-10(17-11)7-15-16-12(14)18/h1-7H,(H3,14,16,18). The van der Waals surface area contributed by atoms with Gasteiger partial charge in [0.25, 0.3) is 0 Å². The Morgan fingerprint density at radius 3 is 2.67 bits per heavy atom. The van der Waals surface area contributed by atoms with Crippen LogP contribution < -0.4 is 11.2 Å². The predicted molar refractivity (Wildman–Crippen MR) is 76.7 cm³/mol. The maximum atomic E-state index is 5.82. The third-order valence-corrected chi connectivity index (χ3v) is 2.47. The molecule has 92 valence electrons. The highest BCUT2D eigenvalue weighted by atomic mass is 35.5. The topological polar surface area (TPSA) is 63.5 Å². The first-order chi connectivity index (χ1) is 8.65. The SMILES string of the molecule is NC(=S)NN=Cc1ccc(-c2ccc(Cl)cc2)o1. The van der Waals surface area contributed by atoms with Crippen LogP contribution in [0.5, 0.6) is 0 Å². The van der Waals surface area contributed by atoms with Crippen molar-refractivity contribution < 1.29 is 4.42 Å². The van der Waals surface area contributed by atoms with Crippen LogP contribution in [-0.4, -0.2) is 11.3 Å². The summed E-state index contributed by atoms with van der Waals surface area (Å²) in [4.78, 5) is 0. The number of furan rings is 1. The third kappa shape index (κ3) is 3.32. The number of rotatable bonds is 3. The van der Waals surface area contributed by atoms with Crippen LogP contribution in [0.25, 0.3) is 11.3 Å². The zero-order valence-electron chi connectivity index (χ0n) is 9.26. The molecule has 0 aliphatic carbocycles. The van der Waals surface area contributed by atoms with E-state index >= 15 is 0 Å². The minimum absolute atomic E-state index is 0.107. The van der Waals surface area contributed by atoms with Crippen LogP contribution in [0, 0.1) is 0 Å². The highest BCUT2D eigenvalue weighted by molar-refractivity contribution is 7.80. The van der Waals surface area contributed by atoms with E-state index in [2.05, 4.69) is 22.7 Å². The van der Waals surface area contributed by atoms with Crippen LogP contribution in [0.4, 0.5) is 0 Å². The van der Waals surface area contributed by atoms with Gasteiger partial charge in [-0.15, -0.1) is 0 Å². The molecule has 2 aromatic rings. The van der Waals surface area contributed by atoms with Gasteiger partial charge in [0.2, 0.25) is 0 Å². The summed E-state index contributed by atoms with van der Waals surface area (Å²) in [6, 6.07) is 11.0. The molecule has 18 heavy (non-hydrogen) atoms. The number of hydrogen-bond acceptors (Lipinski definition) is 3. The van der Waals surface area contributed by atoms with E-state index in [0.717, 1.165) is 11.3 Å². The van der Waals surface area contributed by atoms with Crippen LogP contribution >= 0.6 is 23.8 Å². The van der Waals surface area contributed by atoms with Crippen LogP contribution in [-0.2, 0) is 0 Å². The molecular formula is C12H10ClN3OS. The summed E-state index contributed by atoms with van der Waals surface area (Å²) in [5.74, 6) is 1.34. The minimum atomic E-state index is 0.107. The van der Waals surface area contributed by atoms with Crippen LogP contribution in [0.1, 0.15) is 5.76 Å². The molecule has 4 nitrogen and oxygen atoms in total. The Bertz CT molecular complexity index is 577. The van der Waals surface area contributed by atoms with Gasteiger partial charge in [0.1, 0.15) is 11.5 Å². The van der Waals surface area contributed by atoms with E-state index < -0.39 is 0 Å². The predicted octanol–water partition coefficient (Wildman–Crippen LogP) is 2.77. The second kappa shape index (κ2) is 5.66. The van der Waals surface area contributed by atoms with Gasteiger partial charge in [-0.1, -0.05) is 11.6 Å². The Morgan fingerprint density at radius 2 is 2.00 bits per heavy atom. The Morgan fingerprint density at radius 1 is 1.28 bits per heavy atom. The van der Waals surface area contributed by atoms with Gasteiger partial charge >= 0.3 is 0 Å². The molecule has 1 aromatic heterocycles. The Balaban J connectivity index is 2.12. The van der Waals surface area contributed by atoms with Crippen molar-refractivity contribution in [2.45, 2.75) is 0 Å². The summed E-state index contributed by atoms with van der Waals surface area (Å²) in [5.41, 5.74) is 8.63. The van der Waals surface area contributed by atoms with Gasteiger partial charge < -0.3 is 10.2 Å². The number of halogens is 1. The first-order valence-electron chi connectivity index (χ1n) is 5.09. The van der Waals surface area contributed by atoms with Crippen molar-refractivity contribution in [2.24, 2.45) is 10.8 Å². The first kappa shape index (κ1) is 12.6. The van der Waals surface area contributed by atoms with Crippen molar-refractivity contribution in [3.63, 3.8) is 0 Å². The second-order valence-corrected chi connectivity index (χ2v) is 4.32. The smallest absolute Gasteiger partial charge is 0.184 e. The average Bonchev–Trinajstić information content (AvgIpc) is 2.78. The van der Waals surface area contributed by atoms with Gasteiger partial charge in [-0.25, -0.2) is 0 Å². The van der Waals surface area contributed by atoms with E-state index in [-0.39, 0.29) is 5.11 Å². The van der Waals surface area contributed by atoms with Crippen LogP contribution in [0.2, 0.25) is 5.02 Å². The summed E-state index contributed by atoms with van der Waals surface area (Å²) in [6.45, 7) is 0. The quantitative estimate of drug-likeness (QED) is 0.515. The maximum absolute atomic E-state index is 5.82. The number of hydrogen-bond donors (Lipinski definition) is 2. The van der Waals surface area contributed by atoms with Crippen molar-refractivity contribution >= 4 is 35.1 Å². The molecular weight excluding hydrogens is 270 g/mol. The van der Waals surface area contributed by atoms with Gasteiger partial charge in [-0.05, 0) is 48.6 Å². The fourth-order valence-electron chi connectivity index (χ4n) is 1.35. The van der Waals surface area contributed by atoms with E-state index in [0.29, 0.717) is 10.8 Å². The van der Waals surface area contributed by atoms with Crippen molar-refractivity contribution in [2.75, 3.05) is 0 Å². The molecule has 0 amide bonds. The Hall–Kier alpha value is -1.85. The fraction of sp³-hybridized carbons (Fsp3) is 0. The van der Waals surface area contributed by atoms with Crippen molar-refractivity contribution in [3.05, 3.63) is 47.2 Å². The number of nitrogens with one attached hydrogen (secondary N) is 1. The number of nitrogens with zero attached hydrogens (tertiary/aromatic N) is 1. The normalized spacial score (nSPS) is 10.7. The van der Waals surface area contributed by atoms with Crippen LogP contribution in [0.15, 0.2) is 45.9 Å². The molecule has 0 bridgehead atoms. The van der Waals surface area contributed by atoms with E-state index in [1.54, 1.807) is 6.07 Å². The Kier molecular flexibility index (Phi) is 3.96. The first-order valence-corrected chi connectivity index (χ1v) is 5.88. The summed E-state index contributed by atoms with van der Waals surface area (Å²) >= 11 is 10.4. The van der Waals surface area contributed by atoms with E-state index in [1.807, 2.05) is 30.3 Å². The van der Waals surface area contributed by atoms with Gasteiger partial charge in [0.05, 0.1) is 6.21 Å². The summed E-state index contributed by atoms with van der Waals surface area (Å²) < 4.78 is 5.57. The molecule has 0 unspecified atom stereocenters. The Labute approximate surface area is 114 Å². The number of nitrogens with two attached hydrogens (primary N) is 1. The lowest BCUT2D eigenvalue weighted by Crippen LogP contribution is -2.23. The third-order valence-electron chi connectivity index (χ3n) is 2.12. The molecule has 0 radical (unpaired) electrons. The second-order valence-electron chi connectivity index (χ2n) is 3.44. The molecule has 0 fully saturated rings. The number of hydrazone groups is 1. The summed E-state index contributed by atoms with van der Waals surface area (Å²) in [5, 5.41) is 4.60. The summed E-state index contributed by atoms with van der Waals surface area (Å²) in [7, 11) is 0. The lowest BCUT2D eigenvalue weighted by Gasteiger charge is -1.96. The van der Waals surface area contributed by atoms with Crippen LogP contribution in [0.3, 0.4) is 0 Å². The van der Waals surface area contributed by atoms with Gasteiger partial charge in [0, 0.05) is 10.6 Å². The van der Waals surface area contributed by atoms with Gasteiger partial charge in [-0.3, -0.25) is 5.43 Å². The minimum Gasteiger partial charge on any atom is -0.455 e. The molecule has 6 heteroatoms. The van der Waals surface area contributed by atoms with Crippen molar-refractivity contribution in [1.82, 2.24) is 5.43 Å². The highest BCUT2D eigenvalue weighted by Gasteiger charge is 2.03. The molecule has 2 rings (SSSR count). The lowest BCUT2D eigenvalue weighted by atomic mass is 10.2. The van der Waals surface area contributed by atoms with Gasteiger partial charge in [-0.2, -0.15) is 5.10 Å². The van der Waals surface area contributed by atoms with E-state index in [1.165, 1.54) is 6.21 Å². The molecule has 0 aliphatic rings. The zero-order chi connectivity index (χ0) is 13.0. The molecule has 0 aliphatic heterocycles. The van der Waals surface area contributed by atoms with Gasteiger partial charge in [0.15, 0.2) is 5.11 Å². The molecule has 1 heterocycles. The largest absolute Gasteiger partial charge is 0.455 e. The maximum Gasteiger partial charge on any atom is 0.184 e. The molecule has 0 atom stereocenters. The lowest BCUT2D eigenvalue weighted by molar-refractivity contribution is 0.574. The average molecular weight is 280 g/mol. The number of thiocarbonyl (C=S) groups is 1. The summed E-state index contributed by atoms with van der Waals surface area (Å²) in [6.07, 6.45) is 1.50. The molecule has 1 aromatic carbocycles. The van der Waals surface area contributed by atoms with Crippen molar-refractivity contribution in [3.8, 4) is 11.3 Å². The highest BCUT2D eigenvalue weighted by Crippen LogP contribution is 2.23. The monoisotopic (exact) mass is 279 g/mol. The molecule has 3 N–H and O–H groups in total. The number of benzene rings is 1. The van der Waals surface area contributed by atoms with E-state index in [4.69, 9.17) is 21.8 Å². The fourth-order valence-corrected chi connectivity index (χ4v) is 1.53. The molecule has 0 spiro atoms.